The van der Waals surface area contributed by atoms with Crippen molar-refractivity contribution in [2.75, 3.05) is 33.7 Å². The van der Waals surface area contributed by atoms with Gasteiger partial charge < -0.3 is 14.9 Å². The van der Waals surface area contributed by atoms with Gasteiger partial charge in [-0.3, -0.25) is 4.79 Å². The summed E-state index contributed by atoms with van der Waals surface area (Å²) in [5.74, 6) is 0.593. The first-order chi connectivity index (χ1) is 9.88. The average molecular weight is 290 g/mol. The minimum atomic E-state index is -1.10. The molecule has 1 fully saturated rings. The summed E-state index contributed by atoms with van der Waals surface area (Å²) < 4.78 is 0. The molecule has 0 aromatic heterocycles. The van der Waals surface area contributed by atoms with E-state index in [0.29, 0.717) is 5.92 Å². The highest BCUT2D eigenvalue weighted by Gasteiger charge is 2.32. The van der Waals surface area contributed by atoms with Crippen molar-refractivity contribution in [1.82, 2.24) is 9.80 Å². The van der Waals surface area contributed by atoms with Gasteiger partial charge >= 0.3 is 0 Å². The van der Waals surface area contributed by atoms with Gasteiger partial charge in [0.15, 0.2) is 0 Å². The van der Waals surface area contributed by atoms with Gasteiger partial charge in [-0.2, -0.15) is 0 Å². The van der Waals surface area contributed by atoms with Gasteiger partial charge in [-0.25, -0.2) is 0 Å². The van der Waals surface area contributed by atoms with Crippen LogP contribution in [0, 0.1) is 5.92 Å². The zero-order valence-electron chi connectivity index (χ0n) is 13.2. The van der Waals surface area contributed by atoms with Gasteiger partial charge in [0.2, 0.25) is 5.91 Å². The van der Waals surface area contributed by atoms with Crippen molar-refractivity contribution < 1.29 is 9.90 Å². The van der Waals surface area contributed by atoms with E-state index in [1.807, 2.05) is 35.2 Å². The first kappa shape index (κ1) is 16.0. The van der Waals surface area contributed by atoms with Crippen molar-refractivity contribution in [3.8, 4) is 0 Å². The molecule has 1 amide bonds. The summed E-state index contributed by atoms with van der Waals surface area (Å²) in [6, 6.07) is 9.42. The molecule has 1 saturated heterocycles. The highest BCUT2D eigenvalue weighted by molar-refractivity contribution is 5.77. The Morgan fingerprint density at radius 3 is 2.67 bits per heavy atom. The first-order valence-electron chi connectivity index (χ1n) is 7.59. The minimum Gasteiger partial charge on any atom is -0.385 e. The van der Waals surface area contributed by atoms with Crippen LogP contribution in [0.5, 0.6) is 0 Å². The number of carbonyl (C=O) groups is 1. The predicted molar refractivity (Wildman–Crippen MR) is 83.9 cm³/mol. The zero-order valence-corrected chi connectivity index (χ0v) is 13.2. The SMILES string of the molecule is CN(C)CC1CCN(C(=O)CC(C)(O)c2ccccc2)C1. The summed E-state index contributed by atoms with van der Waals surface area (Å²) >= 11 is 0. The topological polar surface area (TPSA) is 43.8 Å². The fourth-order valence-electron chi connectivity index (χ4n) is 3.03. The van der Waals surface area contributed by atoms with Gasteiger partial charge in [-0.05, 0) is 38.9 Å². The highest BCUT2D eigenvalue weighted by Crippen LogP contribution is 2.27. The average Bonchev–Trinajstić information content (AvgIpc) is 2.87. The molecule has 4 heteroatoms. The molecule has 21 heavy (non-hydrogen) atoms. The van der Waals surface area contributed by atoms with Crippen molar-refractivity contribution in [1.29, 1.82) is 0 Å². The first-order valence-corrected chi connectivity index (χ1v) is 7.59. The zero-order chi connectivity index (χ0) is 15.5. The van der Waals surface area contributed by atoms with Crippen LogP contribution in [0.1, 0.15) is 25.3 Å². The third-order valence-corrected chi connectivity index (χ3v) is 4.15. The molecule has 1 heterocycles. The fourth-order valence-corrected chi connectivity index (χ4v) is 3.03. The molecule has 2 rings (SSSR count). The quantitative estimate of drug-likeness (QED) is 0.897. The van der Waals surface area contributed by atoms with Crippen molar-refractivity contribution in [2.45, 2.75) is 25.4 Å². The summed E-state index contributed by atoms with van der Waals surface area (Å²) in [7, 11) is 4.12. The van der Waals surface area contributed by atoms with Crippen LogP contribution in [0.15, 0.2) is 30.3 Å². The van der Waals surface area contributed by atoms with E-state index in [0.717, 1.165) is 31.6 Å². The summed E-state index contributed by atoms with van der Waals surface area (Å²) in [4.78, 5) is 16.5. The number of amides is 1. The van der Waals surface area contributed by atoms with Gasteiger partial charge in [0.1, 0.15) is 0 Å². The largest absolute Gasteiger partial charge is 0.385 e. The van der Waals surface area contributed by atoms with E-state index in [-0.39, 0.29) is 12.3 Å². The van der Waals surface area contributed by atoms with Crippen LogP contribution in [-0.4, -0.2) is 54.5 Å². The van der Waals surface area contributed by atoms with Gasteiger partial charge in [-0.15, -0.1) is 0 Å². The van der Waals surface area contributed by atoms with E-state index in [1.54, 1.807) is 6.92 Å². The minimum absolute atomic E-state index is 0.0464. The number of benzene rings is 1. The Bertz CT molecular complexity index is 471. The molecule has 2 unspecified atom stereocenters. The third kappa shape index (κ3) is 4.29. The second-order valence-corrected chi connectivity index (χ2v) is 6.57. The van der Waals surface area contributed by atoms with Gasteiger partial charge in [0.05, 0.1) is 12.0 Å². The lowest BCUT2D eigenvalue weighted by atomic mass is 9.92. The lowest BCUT2D eigenvalue weighted by Gasteiger charge is -2.26. The molecule has 1 aliphatic heterocycles. The number of hydrogen-bond donors (Lipinski definition) is 1. The maximum atomic E-state index is 12.4. The number of aliphatic hydroxyl groups is 1. The van der Waals surface area contributed by atoms with E-state index in [4.69, 9.17) is 0 Å². The highest BCUT2D eigenvalue weighted by atomic mass is 16.3. The molecule has 1 aliphatic rings. The van der Waals surface area contributed by atoms with E-state index >= 15 is 0 Å². The molecule has 0 spiro atoms. The van der Waals surface area contributed by atoms with Crippen LogP contribution in [0.3, 0.4) is 0 Å². The Kier molecular flexibility index (Phi) is 5.01. The summed E-state index contributed by atoms with van der Waals surface area (Å²) in [6.45, 7) is 4.34. The Morgan fingerprint density at radius 2 is 2.05 bits per heavy atom. The van der Waals surface area contributed by atoms with Crippen LogP contribution < -0.4 is 0 Å². The number of rotatable bonds is 5. The van der Waals surface area contributed by atoms with E-state index in [2.05, 4.69) is 19.0 Å². The second kappa shape index (κ2) is 6.58. The van der Waals surface area contributed by atoms with Gasteiger partial charge in [0, 0.05) is 19.6 Å². The molecule has 1 aromatic rings. The van der Waals surface area contributed by atoms with Crippen molar-refractivity contribution in [3.63, 3.8) is 0 Å². The van der Waals surface area contributed by atoms with Crippen molar-refractivity contribution in [2.24, 2.45) is 5.92 Å². The van der Waals surface area contributed by atoms with E-state index < -0.39 is 5.60 Å². The Labute approximate surface area is 127 Å². The third-order valence-electron chi connectivity index (χ3n) is 4.15. The van der Waals surface area contributed by atoms with Crippen molar-refractivity contribution >= 4 is 5.91 Å². The molecule has 0 aliphatic carbocycles. The maximum absolute atomic E-state index is 12.4. The lowest BCUT2D eigenvalue weighted by molar-refractivity contribution is -0.135. The van der Waals surface area contributed by atoms with Crippen LogP contribution in [0.25, 0.3) is 0 Å². The maximum Gasteiger partial charge on any atom is 0.225 e. The van der Waals surface area contributed by atoms with Crippen LogP contribution in [-0.2, 0) is 10.4 Å². The molecule has 4 nitrogen and oxygen atoms in total. The normalized spacial score (nSPS) is 21.6. The summed E-state index contributed by atoms with van der Waals surface area (Å²) in [5, 5.41) is 10.6. The van der Waals surface area contributed by atoms with Crippen LogP contribution in [0.2, 0.25) is 0 Å². The van der Waals surface area contributed by atoms with E-state index in [1.165, 1.54) is 0 Å². The Hall–Kier alpha value is -1.39. The van der Waals surface area contributed by atoms with Gasteiger partial charge in [-0.1, -0.05) is 30.3 Å². The molecular weight excluding hydrogens is 264 g/mol. The van der Waals surface area contributed by atoms with Gasteiger partial charge in [0.25, 0.3) is 0 Å². The molecular formula is C17H26N2O2. The molecule has 0 saturated carbocycles. The lowest BCUT2D eigenvalue weighted by Crippen LogP contribution is -2.36. The molecule has 1 aromatic carbocycles. The van der Waals surface area contributed by atoms with E-state index in [9.17, 15) is 9.90 Å². The smallest absolute Gasteiger partial charge is 0.225 e. The van der Waals surface area contributed by atoms with Crippen LogP contribution >= 0.6 is 0 Å². The summed E-state index contributed by atoms with van der Waals surface area (Å²) in [5.41, 5.74) is -0.305. The standard InChI is InChI=1S/C17H26N2O2/c1-17(21,15-7-5-4-6-8-15)11-16(20)19-10-9-14(13-19)12-18(2)3/h4-8,14,21H,9-13H2,1-3H3. The fraction of sp³-hybridized carbons (Fsp3) is 0.588. The number of nitrogens with zero attached hydrogens (tertiary/aromatic N) is 2. The molecule has 0 bridgehead atoms. The second-order valence-electron chi connectivity index (χ2n) is 6.57. The van der Waals surface area contributed by atoms with Crippen LogP contribution in [0.4, 0.5) is 0 Å². The predicted octanol–water partition coefficient (Wildman–Crippen LogP) is 1.69. The molecule has 0 radical (unpaired) electrons. The monoisotopic (exact) mass is 290 g/mol. The molecule has 116 valence electrons. The molecule has 2 atom stereocenters. The number of carbonyl (C=O) groups excluding carboxylic acids is 1. The Balaban J connectivity index is 1.93. The van der Waals surface area contributed by atoms with Crippen molar-refractivity contribution in [3.05, 3.63) is 35.9 Å². The molecule has 1 N–H and O–H groups in total. The Morgan fingerprint density at radius 1 is 1.38 bits per heavy atom. The number of likely N-dealkylation sites (tertiary alicyclic amines) is 1. The number of hydrogen-bond acceptors (Lipinski definition) is 3. The summed E-state index contributed by atoms with van der Waals surface area (Å²) in [6.07, 6.45) is 1.20.